The van der Waals surface area contributed by atoms with Gasteiger partial charge in [-0.25, -0.2) is 4.79 Å². The van der Waals surface area contributed by atoms with Crippen LogP contribution in [0.15, 0.2) is 24.3 Å². The van der Waals surface area contributed by atoms with Crippen LogP contribution in [0.1, 0.15) is 19.4 Å². The summed E-state index contributed by atoms with van der Waals surface area (Å²) in [6, 6.07) is 4.76. The molecule has 0 saturated heterocycles. The largest absolute Gasteiger partial charge is 0.517 e. The Morgan fingerprint density at radius 2 is 1.60 bits per heavy atom. The van der Waals surface area contributed by atoms with Gasteiger partial charge in [-0.05, 0) is 17.5 Å². The summed E-state index contributed by atoms with van der Waals surface area (Å²) in [5.41, 5.74) is -6.61. The predicted molar refractivity (Wildman–Crippen MR) is 104 cm³/mol. The van der Waals surface area contributed by atoms with Gasteiger partial charge in [0.15, 0.2) is 0 Å². The van der Waals surface area contributed by atoms with Gasteiger partial charge >= 0.3 is 21.6 Å². The highest BCUT2D eigenvalue weighted by Gasteiger charge is 2.53. The van der Waals surface area contributed by atoms with Gasteiger partial charge in [-0.2, -0.15) is 42.9 Å². The summed E-state index contributed by atoms with van der Waals surface area (Å²) in [6.07, 6.45) is -1.74. The molecule has 14 heteroatoms. The second-order valence-electron chi connectivity index (χ2n) is 6.86. The molecule has 0 aliphatic heterocycles. The third-order valence-electron chi connectivity index (χ3n) is 3.70. The SMILES string of the molecule is CC(C)COC(=O)N(c1ccccc1CN(C)S(=O)(=O)N(C)C)S(=O)(=O)C(F)(F)F. The molecule has 0 spiro atoms. The monoisotopic (exact) mass is 475 g/mol. The number of para-hydroxylation sites is 1. The van der Waals surface area contributed by atoms with Crippen molar-refractivity contribution in [2.75, 3.05) is 32.1 Å². The Labute approximate surface area is 174 Å². The Morgan fingerprint density at radius 1 is 1.07 bits per heavy atom. The third-order valence-corrected chi connectivity index (χ3v) is 6.95. The normalized spacial score (nSPS) is 13.2. The molecule has 0 saturated carbocycles. The predicted octanol–water partition coefficient (Wildman–Crippen LogP) is 2.37. The Bertz CT molecular complexity index is 963. The van der Waals surface area contributed by atoms with Crippen LogP contribution in [-0.2, 0) is 31.5 Å². The summed E-state index contributed by atoms with van der Waals surface area (Å²) < 4.78 is 94.5. The molecule has 0 aromatic heterocycles. The van der Waals surface area contributed by atoms with Crippen LogP contribution in [0.25, 0.3) is 0 Å². The Kier molecular flexibility index (Phi) is 8.27. The van der Waals surface area contributed by atoms with Gasteiger partial charge in [0.05, 0.1) is 12.3 Å². The minimum absolute atomic E-state index is 0.153. The van der Waals surface area contributed by atoms with E-state index >= 15 is 0 Å². The van der Waals surface area contributed by atoms with Crippen LogP contribution in [0, 0.1) is 5.92 Å². The summed E-state index contributed by atoms with van der Waals surface area (Å²) in [4.78, 5) is 12.4. The molecule has 30 heavy (non-hydrogen) atoms. The number of carbonyl (C=O) groups excluding carboxylic acids is 1. The fraction of sp³-hybridized carbons (Fsp3) is 0.562. The van der Waals surface area contributed by atoms with Crippen LogP contribution in [0.4, 0.5) is 23.7 Å². The highest BCUT2D eigenvalue weighted by molar-refractivity contribution is 7.94. The van der Waals surface area contributed by atoms with Gasteiger partial charge < -0.3 is 4.74 Å². The average molecular weight is 476 g/mol. The summed E-state index contributed by atoms with van der Waals surface area (Å²) >= 11 is 0. The number of nitrogens with zero attached hydrogens (tertiary/aromatic N) is 3. The molecule has 1 aromatic rings. The van der Waals surface area contributed by atoms with Crippen LogP contribution in [0.5, 0.6) is 0 Å². The van der Waals surface area contributed by atoms with E-state index in [1.54, 1.807) is 13.8 Å². The minimum Gasteiger partial charge on any atom is -0.448 e. The molecule has 0 bridgehead atoms. The molecule has 0 atom stereocenters. The van der Waals surface area contributed by atoms with Crippen molar-refractivity contribution in [1.82, 2.24) is 8.61 Å². The van der Waals surface area contributed by atoms with Crippen LogP contribution in [0.2, 0.25) is 0 Å². The topological polar surface area (TPSA) is 104 Å². The van der Waals surface area contributed by atoms with Crippen molar-refractivity contribution in [3.05, 3.63) is 29.8 Å². The number of alkyl halides is 3. The molecule has 172 valence electrons. The zero-order valence-corrected chi connectivity index (χ0v) is 18.7. The van der Waals surface area contributed by atoms with Gasteiger partial charge in [0.2, 0.25) is 0 Å². The van der Waals surface area contributed by atoms with Crippen molar-refractivity contribution in [2.24, 2.45) is 5.92 Å². The van der Waals surface area contributed by atoms with Crippen molar-refractivity contribution < 1.29 is 39.5 Å². The summed E-state index contributed by atoms with van der Waals surface area (Å²) in [5.74, 6) is -0.268. The highest BCUT2D eigenvalue weighted by atomic mass is 32.2. The van der Waals surface area contributed by atoms with E-state index in [4.69, 9.17) is 4.74 Å². The average Bonchev–Trinajstić information content (AvgIpc) is 2.60. The zero-order chi connectivity index (χ0) is 23.5. The number of benzene rings is 1. The standard InChI is InChI=1S/C16H24F3N3O6S2/c1-12(2)11-28-15(23)22(29(24,25)16(17,18)19)14-9-7-6-8-13(14)10-21(5)30(26,27)20(3)4/h6-9,12H,10-11H2,1-5H3. The van der Waals surface area contributed by atoms with E-state index < -0.39 is 48.4 Å². The van der Waals surface area contributed by atoms with Gasteiger partial charge in [-0.15, -0.1) is 0 Å². The van der Waals surface area contributed by atoms with Crippen molar-refractivity contribution in [3.63, 3.8) is 0 Å². The van der Waals surface area contributed by atoms with Gasteiger partial charge in [0.25, 0.3) is 10.2 Å². The van der Waals surface area contributed by atoms with Crippen molar-refractivity contribution in [3.8, 4) is 0 Å². The quantitative estimate of drug-likeness (QED) is 0.572. The fourth-order valence-electron chi connectivity index (χ4n) is 2.17. The van der Waals surface area contributed by atoms with E-state index in [9.17, 15) is 34.8 Å². The van der Waals surface area contributed by atoms with Gasteiger partial charge in [0.1, 0.15) is 0 Å². The first-order valence-electron chi connectivity index (χ1n) is 8.53. The lowest BCUT2D eigenvalue weighted by atomic mass is 10.2. The summed E-state index contributed by atoms with van der Waals surface area (Å²) in [5, 5.41) is 0. The van der Waals surface area contributed by atoms with E-state index in [2.05, 4.69) is 0 Å². The Hall–Kier alpha value is -1.90. The zero-order valence-electron chi connectivity index (χ0n) is 17.0. The maximum absolute atomic E-state index is 13.3. The molecule has 0 aliphatic carbocycles. The maximum Gasteiger partial charge on any atom is 0.517 e. The number of hydrogen-bond acceptors (Lipinski definition) is 6. The number of carbonyl (C=O) groups is 1. The number of hydrogen-bond donors (Lipinski definition) is 0. The second-order valence-corrected chi connectivity index (χ2v) is 10.9. The van der Waals surface area contributed by atoms with Gasteiger partial charge in [0, 0.05) is 27.7 Å². The summed E-state index contributed by atoms with van der Waals surface area (Å²) in [6.45, 7) is 2.41. The number of rotatable bonds is 8. The lowest BCUT2D eigenvalue weighted by Crippen LogP contribution is -2.46. The number of ether oxygens (including phenoxy) is 1. The molecular formula is C16H24F3N3O6S2. The first kappa shape index (κ1) is 26.1. The molecule has 0 heterocycles. The summed E-state index contributed by atoms with van der Waals surface area (Å²) in [7, 11) is -6.47. The molecule has 0 aliphatic rings. The third kappa shape index (κ3) is 5.83. The highest BCUT2D eigenvalue weighted by Crippen LogP contribution is 2.34. The molecule has 1 rings (SSSR count). The van der Waals surface area contributed by atoms with E-state index in [1.807, 2.05) is 0 Å². The molecule has 0 radical (unpaired) electrons. The van der Waals surface area contributed by atoms with E-state index in [0.717, 1.165) is 21.7 Å². The van der Waals surface area contributed by atoms with Crippen molar-refractivity contribution >= 4 is 32.0 Å². The molecule has 9 nitrogen and oxygen atoms in total. The lowest BCUT2D eigenvalue weighted by molar-refractivity contribution is -0.0438. The van der Waals surface area contributed by atoms with E-state index in [1.165, 1.54) is 32.3 Å². The molecule has 1 amide bonds. The second kappa shape index (κ2) is 9.49. The molecule has 0 unspecified atom stereocenters. The Morgan fingerprint density at radius 3 is 2.07 bits per heavy atom. The molecule has 1 aromatic carbocycles. The number of sulfonamides is 1. The van der Waals surface area contributed by atoms with Crippen LogP contribution in [0.3, 0.4) is 0 Å². The first-order chi connectivity index (χ1) is 13.5. The molecule has 0 fully saturated rings. The van der Waals surface area contributed by atoms with Crippen LogP contribution >= 0.6 is 0 Å². The number of amides is 1. The van der Waals surface area contributed by atoms with Crippen molar-refractivity contribution in [1.29, 1.82) is 0 Å². The van der Waals surface area contributed by atoms with Crippen LogP contribution in [-0.4, -0.2) is 64.8 Å². The van der Waals surface area contributed by atoms with Gasteiger partial charge in [-0.3, -0.25) is 0 Å². The Balaban J connectivity index is 3.55. The molecule has 0 N–H and O–H groups in total. The molecular weight excluding hydrogens is 451 g/mol. The lowest BCUT2D eigenvalue weighted by Gasteiger charge is -2.27. The van der Waals surface area contributed by atoms with E-state index in [0.29, 0.717) is 0 Å². The number of anilines is 1. The first-order valence-corrected chi connectivity index (χ1v) is 11.4. The smallest absolute Gasteiger partial charge is 0.448 e. The number of halogens is 3. The van der Waals surface area contributed by atoms with Gasteiger partial charge in [-0.1, -0.05) is 32.0 Å². The van der Waals surface area contributed by atoms with Crippen molar-refractivity contribution in [2.45, 2.75) is 25.9 Å². The minimum atomic E-state index is -6.17. The van der Waals surface area contributed by atoms with E-state index in [-0.39, 0.29) is 18.1 Å². The fourth-order valence-corrected chi connectivity index (χ4v) is 3.92. The maximum atomic E-state index is 13.3. The van der Waals surface area contributed by atoms with Crippen LogP contribution < -0.4 is 4.31 Å².